The number of methoxy groups -OCH3 is 2. The minimum atomic E-state index is -0.693. The molecule has 0 radical (unpaired) electrons. The van der Waals surface area contributed by atoms with Crippen molar-refractivity contribution < 1.29 is 33.3 Å². The van der Waals surface area contributed by atoms with E-state index in [2.05, 4.69) is 12.2 Å². The Morgan fingerprint density at radius 3 is 2.36 bits per heavy atom. The molecule has 9 heteroatoms. The van der Waals surface area contributed by atoms with Gasteiger partial charge in [-0.1, -0.05) is 6.92 Å². The lowest BCUT2D eigenvalue weighted by Crippen LogP contribution is -2.22. The first kappa shape index (κ1) is 24.6. The summed E-state index contributed by atoms with van der Waals surface area (Å²) in [6, 6.07) is 4.62. The van der Waals surface area contributed by atoms with Crippen LogP contribution in [0.3, 0.4) is 0 Å². The lowest BCUT2D eigenvalue weighted by Gasteiger charge is -2.18. The normalized spacial score (nSPS) is 14.9. The van der Waals surface area contributed by atoms with E-state index in [9.17, 15) is 14.4 Å². The number of carbonyl (C=O) groups is 3. The quantitative estimate of drug-likeness (QED) is 0.570. The Labute approximate surface area is 197 Å². The van der Waals surface area contributed by atoms with Crippen LogP contribution in [0.15, 0.2) is 18.2 Å². The Hall–Kier alpha value is -3.07. The molecule has 33 heavy (non-hydrogen) atoms. The van der Waals surface area contributed by atoms with Gasteiger partial charge < -0.3 is 24.3 Å². The van der Waals surface area contributed by atoms with E-state index in [1.165, 1.54) is 37.7 Å². The lowest BCUT2D eigenvalue weighted by molar-refractivity contribution is -0.119. The predicted molar refractivity (Wildman–Crippen MR) is 125 cm³/mol. The van der Waals surface area contributed by atoms with Crippen molar-refractivity contribution in [3.8, 4) is 11.5 Å². The number of nitrogens with one attached hydrogen (secondary N) is 1. The molecule has 1 heterocycles. The molecule has 1 atom stereocenters. The van der Waals surface area contributed by atoms with E-state index in [1.54, 1.807) is 19.9 Å². The van der Waals surface area contributed by atoms with Crippen molar-refractivity contribution in [3.05, 3.63) is 39.8 Å². The maximum atomic E-state index is 12.8. The van der Waals surface area contributed by atoms with Crippen molar-refractivity contribution in [3.63, 3.8) is 0 Å². The third kappa shape index (κ3) is 6.04. The number of ether oxygens (including phenoxy) is 4. The molecule has 178 valence electrons. The molecule has 1 aromatic heterocycles. The summed E-state index contributed by atoms with van der Waals surface area (Å²) in [6.07, 6.45) is 2.31. The Morgan fingerprint density at radius 2 is 1.76 bits per heavy atom. The number of benzene rings is 1. The van der Waals surface area contributed by atoms with Gasteiger partial charge in [0.2, 0.25) is 0 Å². The Morgan fingerprint density at radius 1 is 1.09 bits per heavy atom. The van der Waals surface area contributed by atoms with Crippen LogP contribution < -0.4 is 14.8 Å². The first-order chi connectivity index (χ1) is 15.7. The molecule has 2 aromatic rings. The van der Waals surface area contributed by atoms with Crippen LogP contribution >= 0.6 is 11.3 Å². The molecule has 8 nitrogen and oxygen atoms in total. The van der Waals surface area contributed by atoms with Gasteiger partial charge in [0.15, 0.2) is 6.61 Å². The predicted octanol–water partition coefficient (Wildman–Crippen LogP) is 4.25. The Kier molecular flexibility index (Phi) is 7.97. The molecule has 1 aliphatic carbocycles. The van der Waals surface area contributed by atoms with Crippen molar-refractivity contribution >= 4 is 34.2 Å². The topological polar surface area (TPSA) is 100 Å². The van der Waals surface area contributed by atoms with Crippen LogP contribution in [-0.2, 0) is 27.1 Å². The molecular weight excluding hydrogens is 446 g/mol. The molecular formula is C24H29NO7S. The van der Waals surface area contributed by atoms with Crippen LogP contribution in [-0.4, -0.2) is 44.8 Å². The van der Waals surface area contributed by atoms with Crippen LogP contribution in [0.5, 0.6) is 11.5 Å². The number of hydrogen-bond donors (Lipinski definition) is 1. The number of amides is 1. The van der Waals surface area contributed by atoms with Crippen molar-refractivity contribution in [2.75, 3.05) is 26.1 Å². The number of hydrogen-bond acceptors (Lipinski definition) is 8. The van der Waals surface area contributed by atoms with E-state index >= 15 is 0 Å². The van der Waals surface area contributed by atoms with Gasteiger partial charge in [0, 0.05) is 10.9 Å². The summed E-state index contributed by atoms with van der Waals surface area (Å²) in [5.74, 6) is -0.318. The average Bonchev–Trinajstić information content (AvgIpc) is 3.13. The second-order valence-corrected chi connectivity index (χ2v) is 9.34. The van der Waals surface area contributed by atoms with Gasteiger partial charge in [-0.15, -0.1) is 11.3 Å². The molecule has 0 bridgehead atoms. The zero-order valence-electron chi connectivity index (χ0n) is 19.5. The molecule has 1 unspecified atom stereocenters. The van der Waals surface area contributed by atoms with Crippen molar-refractivity contribution in [2.45, 2.75) is 46.1 Å². The fourth-order valence-corrected chi connectivity index (χ4v) is 5.05. The number of rotatable bonds is 8. The van der Waals surface area contributed by atoms with Gasteiger partial charge in [-0.05, 0) is 56.7 Å². The SMILES string of the molecule is COc1cc(OC)cc(C(=O)OCC(=O)Nc2sc3c(c2C(=O)OC(C)C)CCC(C)C3)c1. The molecule has 3 rings (SSSR count). The summed E-state index contributed by atoms with van der Waals surface area (Å²) in [4.78, 5) is 38.9. The molecule has 0 saturated carbocycles. The van der Waals surface area contributed by atoms with Gasteiger partial charge in [-0.3, -0.25) is 4.79 Å². The zero-order valence-corrected chi connectivity index (χ0v) is 20.3. The van der Waals surface area contributed by atoms with E-state index in [1.807, 2.05) is 0 Å². The summed E-state index contributed by atoms with van der Waals surface area (Å²) >= 11 is 1.38. The summed E-state index contributed by atoms with van der Waals surface area (Å²) < 4.78 is 20.9. The number of anilines is 1. The van der Waals surface area contributed by atoms with Crippen LogP contribution in [0.2, 0.25) is 0 Å². The second-order valence-electron chi connectivity index (χ2n) is 8.24. The van der Waals surface area contributed by atoms with Crippen molar-refractivity contribution in [1.82, 2.24) is 0 Å². The van der Waals surface area contributed by atoms with Crippen LogP contribution in [0.4, 0.5) is 5.00 Å². The maximum Gasteiger partial charge on any atom is 0.341 e. The molecule has 1 amide bonds. The lowest BCUT2D eigenvalue weighted by atomic mass is 9.88. The number of fused-ring (bicyclic) bond motifs is 1. The molecule has 0 fully saturated rings. The molecule has 0 saturated heterocycles. The Bertz CT molecular complexity index is 1020. The van der Waals surface area contributed by atoms with E-state index in [0.717, 1.165) is 29.7 Å². The Balaban J connectivity index is 1.72. The van der Waals surface area contributed by atoms with Gasteiger partial charge in [0.25, 0.3) is 5.91 Å². The molecule has 0 spiro atoms. The molecule has 1 aromatic carbocycles. The molecule has 0 aliphatic heterocycles. The highest BCUT2D eigenvalue weighted by molar-refractivity contribution is 7.17. The minimum Gasteiger partial charge on any atom is -0.497 e. The molecule has 1 N–H and O–H groups in total. The number of esters is 2. The van der Waals surface area contributed by atoms with Gasteiger partial charge in [0.1, 0.15) is 16.5 Å². The van der Waals surface area contributed by atoms with Gasteiger partial charge in [0.05, 0.1) is 31.5 Å². The number of carbonyl (C=O) groups excluding carboxylic acids is 3. The van der Waals surface area contributed by atoms with E-state index in [4.69, 9.17) is 18.9 Å². The minimum absolute atomic E-state index is 0.195. The maximum absolute atomic E-state index is 12.8. The summed E-state index contributed by atoms with van der Waals surface area (Å²) in [7, 11) is 2.95. The third-order valence-electron chi connectivity index (χ3n) is 5.23. The van der Waals surface area contributed by atoms with Crippen LogP contribution in [0.1, 0.15) is 58.3 Å². The van der Waals surface area contributed by atoms with Crippen molar-refractivity contribution in [1.29, 1.82) is 0 Å². The second kappa shape index (κ2) is 10.7. The first-order valence-electron chi connectivity index (χ1n) is 10.8. The van der Waals surface area contributed by atoms with Gasteiger partial charge in [-0.25, -0.2) is 9.59 Å². The molecule has 1 aliphatic rings. The smallest absolute Gasteiger partial charge is 0.341 e. The fraction of sp³-hybridized carbons (Fsp3) is 0.458. The zero-order chi connectivity index (χ0) is 24.1. The average molecular weight is 476 g/mol. The van der Waals surface area contributed by atoms with Gasteiger partial charge in [-0.2, -0.15) is 0 Å². The van der Waals surface area contributed by atoms with E-state index in [-0.39, 0.29) is 11.7 Å². The highest BCUT2D eigenvalue weighted by Crippen LogP contribution is 2.40. The summed E-state index contributed by atoms with van der Waals surface area (Å²) in [5.41, 5.74) is 1.55. The largest absolute Gasteiger partial charge is 0.497 e. The fourth-order valence-electron chi connectivity index (χ4n) is 3.63. The standard InChI is InChI=1S/C24H29NO7S/c1-13(2)32-24(28)21-18-7-6-14(3)8-19(18)33-22(21)25-20(26)12-31-23(27)15-9-16(29-4)11-17(10-15)30-5/h9-11,13-14H,6-8,12H2,1-5H3,(H,25,26). The van der Waals surface area contributed by atoms with Crippen LogP contribution in [0.25, 0.3) is 0 Å². The first-order valence-corrected chi connectivity index (χ1v) is 11.6. The highest BCUT2D eigenvalue weighted by atomic mass is 32.1. The van der Waals surface area contributed by atoms with E-state index in [0.29, 0.717) is 28.0 Å². The monoisotopic (exact) mass is 475 g/mol. The highest BCUT2D eigenvalue weighted by Gasteiger charge is 2.29. The summed E-state index contributed by atoms with van der Waals surface area (Å²) in [5, 5.41) is 3.17. The summed E-state index contributed by atoms with van der Waals surface area (Å²) in [6.45, 7) is 5.23. The number of thiophene rings is 1. The van der Waals surface area contributed by atoms with Gasteiger partial charge >= 0.3 is 11.9 Å². The van der Waals surface area contributed by atoms with E-state index < -0.39 is 24.5 Å². The third-order valence-corrected chi connectivity index (χ3v) is 6.40. The van der Waals surface area contributed by atoms with Crippen molar-refractivity contribution in [2.24, 2.45) is 5.92 Å². The van der Waals surface area contributed by atoms with Crippen LogP contribution in [0, 0.1) is 5.92 Å².